The van der Waals surface area contributed by atoms with Crippen LogP contribution in [0.15, 0.2) is 54.6 Å². The minimum atomic E-state index is -0.310. The minimum Gasteiger partial charge on any atom is -0.497 e. The number of carbonyl (C=O) groups is 1. The Morgan fingerprint density at radius 2 is 1.87 bits per heavy atom. The predicted molar refractivity (Wildman–Crippen MR) is 120 cm³/mol. The number of amides is 1. The first-order valence-electron chi connectivity index (χ1n) is 11.5. The summed E-state index contributed by atoms with van der Waals surface area (Å²) in [6.07, 6.45) is 4.65. The van der Waals surface area contributed by atoms with Crippen molar-refractivity contribution in [1.82, 2.24) is 10.2 Å². The van der Waals surface area contributed by atoms with Crippen molar-refractivity contribution in [2.24, 2.45) is 5.92 Å². The Kier molecular flexibility index (Phi) is 5.49. The summed E-state index contributed by atoms with van der Waals surface area (Å²) >= 11 is 0. The van der Waals surface area contributed by atoms with Crippen LogP contribution in [0.3, 0.4) is 0 Å². The summed E-state index contributed by atoms with van der Waals surface area (Å²) in [5, 5.41) is 14.7. The van der Waals surface area contributed by atoms with Crippen LogP contribution in [0, 0.1) is 5.92 Å². The number of rotatable bonds is 6. The summed E-state index contributed by atoms with van der Waals surface area (Å²) in [6.45, 7) is 0.739. The number of benzene rings is 2. The number of fused-ring (bicyclic) bond motifs is 1. The number of aliphatic hydroxyl groups excluding tert-OH is 1. The molecule has 5 heteroatoms. The largest absolute Gasteiger partial charge is 0.497 e. The molecule has 0 radical (unpaired) electrons. The van der Waals surface area contributed by atoms with E-state index in [0.29, 0.717) is 6.42 Å². The first-order chi connectivity index (χ1) is 15.1. The molecule has 3 fully saturated rings. The lowest BCUT2D eigenvalue weighted by molar-refractivity contribution is -0.149. The maximum Gasteiger partial charge on any atom is 0.223 e. The molecule has 4 unspecified atom stereocenters. The number of nitrogens with zero attached hydrogens (tertiary/aromatic N) is 1. The second kappa shape index (κ2) is 8.29. The van der Waals surface area contributed by atoms with E-state index in [2.05, 4.69) is 46.6 Å². The smallest absolute Gasteiger partial charge is 0.223 e. The normalized spacial score (nSPS) is 32.1. The highest BCUT2D eigenvalue weighted by Gasteiger charge is 2.59. The van der Waals surface area contributed by atoms with Gasteiger partial charge in [-0.05, 0) is 55.4 Å². The maximum atomic E-state index is 13.1. The van der Waals surface area contributed by atoms with Gasteiger partial charge >= 0.3 is 0 Å². The summed E-state index contributed by atoms with van der Waals surface area (Å²) < 4.78 is 5.32. The molecule has 2 aliphatic heterocycles. The highest BCUT2D eigenvalue weighted by atomic mass is 16.5. The van der Waals surface area contributed by atoms with Crippen molar-refractivity contribution in [2.75, 3.05) is 7.11 Å². The van der Waals surface area contributed by atoms with Crippen molar-refractivity contribution < 1.29 is 14.6 Å². The summed E-state index contributed by atoms with van der Waals surface area (Å²) in [4.78, 5) is 15.3. The van der Waals surface area contributed by atoms with Crippen molar-refractivity contribution in [3.8, 4) is 5.75 Å². The van der Waals surface area contributed by atoms with Crippen LogP contribution >= 0.6 is 0 Å². The van der Waals surface area contributed by atoms with Crippen molar-refractivity contribution >= 4 is 5.91 Å². The molecule has 2 N–H and O–H groups in total. The molecule has 2 aromatic rings. The zero-order valence-corrected chi connectivity index (χ0v) is 18.2. The SMILES string of the molecule is COc1ccc(CC2C(NCc3ccccc3)C3CC4(CCC(=O)N24)CC[C@H]3O)cc1. The molecule has 5 rings (SSSR count). The third-order valence-corrected chi connectivity index (χ3v) is 7.80. The molecule has 2 bridgehead atoms. The molecule has 0 aromatic heterocycles. The highest BCUT2D eigenvalue weighted by molar-refractivity contribution is 5.80. The van der Waals surface area contributed by atoms with E-state index in [1.807, 2.05) is 18.2 Å². The monoisotopic (exact) mass is 420 g/mol. The van der Waals surface area contributed by atoms with E-state index in [1.165, 1.54) is 11.1 Å². The average Bonchev–Trinajstić information content (AvgIpc) is 3.13. The van der Waals surface area contributed by atoms with Gasteiger partial charge in [-0.2, -0.15) is 0 Å². The standard InChI is InChI=1S/C26H32N2O3/c1-31-20-9-7-18(8-10-20)15-22-25(27-17-19-5-3-2-4-6-19)21-16-26(13-11-23(21)29)14-12-24(30)28(22)26/h2-10,21-23,25,27,29H,11-17H2,1H3/t21?,22?,23-,25?,26?/m1/s1. The fourth-order valence-corrected chi connectivity index (χ4v) is 6.29. The summed E-state index contributed by atoms with van der Waals surface area (Å²) in [7, 11) is 1.68. The van der Waals surface area contributed by atoms with Gasteiger partial charge in [0, 0.05) is 30.5 Å². The van der Waals surface area contributed by atoms with Gasteiger partial charge in [-0.25, -0.2) is 0 Å². The van der Waals surface area contributed by atoms with Crippen LogP contribution in [0.4, 0.5) is 0 Å². The predicted octanol–water partition coefficient (Wildman–Crippen LogP) is 3.30. The van der Waals surface area contributed by atoms with Crippen LogP contribution < -0.4 is 10.1 Å². The number of hydrogen-bond acceptors (Lipinski definition) is 4. The Labute approximate surface area is 184 Å². The second-order valence-electron chi connectivity index (χ2n) is 9.47. The lowest BCUT2D eigenvalue weighted by Crippen LogP contribution is -2.70. The summed E-state index contributed by atoms with van der Waals surface area (Å²) in [5.74, 6) is 1.29. The fraction of sp³-hybridized carbons (Fsp3) is 0.500. The minimum absolute atomic E-state index is 0.0424. The topological polar surface area (TPSA) is 61.8 Å². The van der Waals surface area contributed by atoms with E-state index in [-0.39, 0.29) is 35.6 Å². The number of aliphatic hydroxyl groups is 1. The van der Waals surface area contributed by atoms with Gasteiger partial charge in [0.2, 0.25) is 5.91 Å². The molecule has 3 aliphatic rings. The van der Waals surface area contributed by atoms with Gasteiger partial charge in [-0.3, -0.25) is 4.79 Å². The molecule has 1 saturated carbocycles. The molecule has 1 amide bonds. The number of nitrogens with one attached hydrogen (secondary N) is 1. The van der Waals surface area contributed by atoms with E-state index < -0.39 is 0 Å². The molecule has 5 nitrogen and oxygen atoms in total. The Balaban J connectivity index is 1.47. The quantitative estimate of drug-likeness (QED) is 0.753. The lowest BCUT2D eigenvalue weighted by atomic mass is 9.64. The molecule has 2 saturated heterocycles. The van der Waals surface area contributed by atoms with Crippen LogP contribution in [0.25, 0.3) is 0 Å². The van der Waals surface area contributed by atoms with Gasteiger partial charge in [0.25, 0.3) is 0 Å². The lowest BCUT2D eigenvalue weighted by Gasteiger charge is -2.58. The molecule has 1 spiro atoms. The summed E-state index contributed by atoms with van der Waals surface area (Å²) in [6, 6.07) is 18.7. The molecule has 1 aliphatic carbocycles. The molecule has 2 aromatic carbocycles. The van der Waals surface area contributed by atoms with Crippen LogP contribution in [-0.2, 0) is 17.8 Å². The third-order valence-electron chi connectivity index (χ3n) is 7.80. The number of hydrogen-bond donors (Lipinski definition) is 2. The Hall–Kier alpha value is -2.37. The van der Waals surface area contributed by atoms with E-state index in [4.69, 9.17) is 4.74 Å². The van der Waals surface area contributed by atoms with Gasteiger partial charge in [-0.1, -0.05) is 42.5 Å². The fourth-order valence-electron chi connectivity index (χ4n) is 6.29. The summed E-state index contributed by atoms with van der Waals surface area (Å²) in [5.41, 5.74) is 2.35. The van der Waals surface area contributed by atoms with Crippen molar-refractivity contribution in [3.05, 3.63) is 65.7 Å². The molecular weight excluding hydrogens is 388 g/mol. The van der Waals surface area contributed by atoms with Crippen LogP contribution in [0.2, 0.25) is 0 Å². The van der Waals surface area contributed by atoms with Crippen LogP contribution in [0.5, 0.6) is 5.75 Å². The van der Waals surface area contributed by atoms with Crippen molar-refractivity contribution in [2.45, 2.75) is 68.8 Å². The number of methoxy groups -OCH3 is 1. The molecule has 164 valence electrons. The van der Waals surface area contributed by atoms with Crippen molar-refractivity contribution in [1.29, 1.82) is 0 Å². The van der Waals surface area contributed by atoms with Gasteiger partial charge in [0.15, 0.2) is 0 Å². The first-order valence-corrected chi connectivity index (χ1v) is 11.5. The van der Waals surface area contributed by atoms with E-state index in [0.717, 1.165) is 44.4 Å². The molecule has 5 atom stereocenters. The van der Waals surface area contributed by atoms with Crippen molar-refractivity contribution in [3.63, 3.8) is 0 Å². The van der Waals surface area contributed by atoms with Gasteiger partial charge < -0.3 is 20.1 Å². The van der Waals surface area contributed by atoms with E-state index in [1.54, 1.807) is 7.11 Å². The zero-order valence-electron chi connectivity index (χ0n) is 18.2. The average molecular weight is 421 g/mol. The zero-order chi connectivity index (χ0) is 21.4. The second-order valence-corrected chi connectivity index (χ2v) is 9.47. The Bertz CT molecular complexity index is 916. The molecule has 31 heavy (non-hydrogen) atoms. The van der Waals surface area contributed by atoms with Gasteiger partial charge in [0.05, 0.1) is 19.3 Å². The Morgan fingerprint density at radius 3 is 2.61 bits per heavy atom. The number of carbonyl (C=O) groups excluding carboxylic acids is 1. The third kappa shape index (κ3) is 3.74. The van der Waals surface area contributed by atoms with Gasteiger partial charge in [-0.15, -0.1) is 0 Å². The Morgan fingerprint density at radius 1 is 1.10 bits per heavy atom. The number of piperidine rings is 1. The van der Waals surface area contributed by atoms with Gasteiger partial charge in [0.1, 0.15) is 5.75 Å². The van der Waals surface area contributed by atoms with E-state index >= 15 is 0 Å². The maximum absolute atomic E-state index is 13.1. The first kappa shape index (κ1) is 20.5. The highest BCUT2D eigenvalue weighted by Crippen LogP contribution is 2.51. The van der Waals surface area contributed by atoms with Crippen LogP contribution in [0.1, 0.15) is 43.2 Å². The molecule has 2 heterocycles. The van der Waals surface area contributed by atoms with Crippen LogP contribution in [-0.4, -0.2) is 46.7 Å². The van der Waals surface area contributed by atoms with E-state index in [9.17, 15) is 9.90 Å². The molecular formula is C26H32N2O3. The number of ether oxygens (including phenoxy) is 1.